The van der Waals surface area contributed by atoms with E-state index in [9.17, 15) is 0 Å². The standard InChI is InChI=1S/C17H23N5O/c1-12-9-16(19-11-18-12)20-13-5-7-22(8-6-13)10-17-21-14-3-2-4-15(14)23-17/h9,11,13H,2-8,10H2,1H3,(H,18,19,20). The van der Waals surface area contributed by atoms with Crippen LogP contribution in [0.15, 0.2) is 16.8 Å². The van der Waals surface area contributed by atoms with Gasteiger partial charge in [-0.25, -0.2) is 15.0 Å². The Balaban J connectivity index is 1.28. The molecule has 0 aromatic carbocycles. The summed E-state index contributed by atoms with van der Waals surface area (Å²) in [5, 5.41) is 3.52. The van der Waals surface area contributed by atoms with Gasteiger partial charge in [0.05, 0.1) is 12.2 Å². The number of oxazole rings is 1. The molecule has 1 aliphatic heterocycles. The van der Waals surface area contributed by atoms with Gasteiger partial charge in [-0.3, -0.25) is 4.90 Å². The smallest absolute Gasteiger partial charge is 0.208 e. The summed E-state index contributed by atoms with van der Waals surface area (Å²) in [6.45, 7) is 4.96. The SMILES string of the molecule is Cc1cc(NC2CCN(Cc3nc4c(o3)CCC4)CC2)ncn1. The van der Waals surface area contributed by atoms with E-state index in [2.05, 4.69) is 25.2 Å². The van der Waals surface area contributed by atoms with Crippen molar-refractivity contribution in [3.63, 3.8) is 0 Å². The molecule has 1 N–H and O–H groups in total. The van der Waals surface area contributed by atoms with Gasteiger partial charge in [-0.15, -0.1) is 0 Å². The normalized spacial score (nSPS) is 19.0. The zero-order valence-corrected chi connectivity index (χ0v) is 13.6. The van der Waals surface area contributed by atoms with E-state index in [4.69, 9.17) is 4.42 Å². The minimum Gasteiger partial charge on any atom is -0.444 e. The lowest BCUT2D eigenvalue weighted by Crippen LogP contribution is -2.38. The molecular formula is C17H23N5O. The van der Waals surface area contributed by atoms with E-state index < -0.39 is 0 Å². The van der Waals surface area contributed by atoms with Crippen molar-refractivity contribution < 1.29 is 4.42 Å². The van der Waals surface area contributed by atoms with Crippen molar-refractivity contribution in [2.24, 2.45) is 0 Å². The number of hydrogen-bond acceptors (Lipinski definition) is 6. The lowest BCUT2D eigenvalue weighted by Gasteiger charge is -2.31. The van der Waals surface area contributed by atoms with E-state index in [1.165, 1.54) is 12.1 Å². The van der Waals surface area contributed by atoms with Gasteiger partial charge in [-0.1, -0.05) is 0 Å². The van der Waals surface area contributed by atoms with Crippen LogP contribution in [0.4, 0.5) is 5.82 Å². The number of anilines is 1. The average molecular weight is 313 g/mol. The highest BCUT2D eigenvalue weighted by atomic mass is 16.4. The molecule has 2 aromatic rings. The van der Waals surface area contributed by atoms with Crippen LogP contribution in [0.5, 0.6) is 0 Å². The molecule has 0 spiro atoms. The molecule has 2 aliphatic rings. The third-order valence-electron chi connectivity index (χ3n) is 4.74. The Morgan fingerprint density at radius 2 is 2.13 bits per heavy atom. The van der Waals surface area contributed by atoms with Gasteiger partial charge in [0.25, 0.3) is 0 Å². The molecule has 4 rings (SSSR count). The highest BCUT2D eigenvalue weighted by Crippen LogP contribution is 2.24. The summed E-state index contributed by atoms with van der Waals surface area (Å²) >= 11 is 0. The van der Waals surface area contributed by atoms with Gasteiger partial charge in [0.1, 0.15) is 17.9 Å². The van der Waals surface area contributed by atoms with Crippen molar-refractivity contribution in [1.82, 2.24) is 19.9 Å². The Bertz CT molecular complexity index is 654. The maximum Gasteiger partial charge on any atom is 0.208 e. The van der Waals surface area contributed by atoms with Crippen LogP contribution in [0.25, 0.3) is 0 Å². The Morgan fingerprint density at radius 3 is 2.91 bits per heavy atom. The number of likely N-dealkylation sites (tertiary alicyclic amines) is 1. The first-order chi connectivity index (χ1) is 11.3. The molecular weight excluding hydrogens is 290 g/mol. The number of nitrogens with one attached hydrogen (secondary N) is 1. The second kappa shape index (κ2) is 6.28. The van der Waals surface area contributed by atoms with Gasteiger partial charge in [0.2, 0.25) is 5.89 Å². The van der Waals surface area contributed by atoms with Crippen molar-refractivity contribution in [2.45, 2.75) is 51.6 Å². The molecule has 2 aromatic heterocycles. The zero-order chi connectivity index (χ0) is 15.6. The van der Waals surface area contributed by atoms with Gasteiger partial charge in [0.15, 0.2) is 0 Å². The van der Waals surface area contributed by atoms with Gasteiger partial charge in [-0.2, -0.15) is 0 Å². The van der Waals surface area contributed by atoms with Crippen LogP contribution in [0.2, 0.25) is 0 Å². The van der Waals surface area contributed by atoms with Crippen LogP contribution >= 0.6 is 0 Å². The molecule has 3 heterocycles. The maximum absolute atomic E-state index is 5.88. The molecule has 6 heteroatoms. The minimum absolute atomic E-state index is 0.482. The molecule has 0 unspecified atom stereocenters. The second-order valence-electron chi connectivity index (χ2n) is 6.57. The predicted octanol–water partition coefficient (Wildman–Crippen LogP) is 2.34. The lowest BCUT2D eigenvalue weighted by molar-refractivity contribution is 0.192. The van der Waals surface area contributed by atoms with Crippen LogP contribution in [-0.4, -0.2) is 39.0 Å². The predicted molar refractivity (Wildman–Crippen MR) is 87.2 cm³/mol. The van der Waals surface area contributed by atoms with Gasteiger partial charge in [-0.05, 0) is 32.6 Å². The third kappa shape index (κ3) is 3.37. The van der Waals surface area contributed by atoms with Gasteiger partial charge in [0, 0.05) is 37.3 Å². The van der Waals surface area contributed by atoms with Crippen molar-refractivity contribution >= 4 is 5.82 Å². The zero-order valence-electron chi connectivity index (χ0n) is 13.6. The largest absolute Gasteiger partial charge is 0.444 e. The summed E-state index contributed by atoms with van der Waals surface area (Å²) in [5.41, 5.74) is 2.19. The summed E-state index contributed by atoms with van der Waals surface area (Å²) in [6.07, 6.45) is 7.19. The second-order valence-corrected chi connectivity index (χ2v) is 6.57. The Morgan fingerprint density at radius 1 is 1.26 bits per heavy atom. The summed E-state index contributed by atoms with van der Waals surface area (Å²) < 4.78 is 5.88. The summed E-state index contributed by atoms with van der Waals surface area (Å²) in [6, 6.07) is 2.48. The van der Waals surface area contributed by atoms with Crippen LogP contribution in [0.1, 0.15) is 42.3 Å². The molecule has 6 nitrogen and oxygen atoms in total. The lowest BCUT2D eigenvalue weighted by atomic mass is 10.1. The minimum atomic E-state index is 0.482. The number of hydrogen-bond donors (Lipinski definition) is 1. The number of nitrogens with zero attached hydrogens (tertiary/aromatic N) is 4. The number of piperidine rings is 1. The molecule has 1 saturated heterocycles. The Kier molecular flexibility index (Phi) is 3.99. The quantitative estimate of drug-likeness (QED) is 0.934. The van der Waals surface area contributed by atoms with Crippen molar-refractivity contribution in [2.75, 3.05) is 18.4 Å². The Labute approximate surface area is 136 Å². The third-order valence-corrected chi connectivity index (χ3v) is 4.74. The van der Waals surface area contributed by atoms with E-state index in [1.807, 2.05) is 13.0 Å². The molecule has 0 radical (unpaired) electrons. The van der Waals surface area contributed by atoms with Crippen molar-refractivity contribution in [1.29, 1.82) is 0 Å². The molecule has 0 atom stereocenters. The summed E-state index contributed by atoms with van der Waals surface area (Å²) in [4.78, 5) is 15.5. The van der Waals surface area contributed by atoms with Gasteiger partial charge >= 0.3 is 0 Å². The maximum atomic E-state index is 5.88. The summed E-state index contributed by atoms with van der Waals surface area (Å²) in [5.74, 6) is 2.95. The number of fused-ring (bicyclic) bond motifs is 1. The van der Waals surface area contributed by atoms with E-state index in [0.29, 0.717) is 6.04 Å². The fourth-order valence-electron chi connectivity index (χ4n) is 3.48. The first kappa shape index (κ1) is 14.6. The van der Waals surface area contributed by atoms with E-state index in [0.717, 1.165) is 68.5 Å². The molecule has 1 aliphatic carbocycles. The number of aromatic nitrogens is 3. The molecule has 23 heavy (non-hydrogen) atoms. The molecule has 122 valence electrons. The highest BCUT2D eigenvalue weighted by Gasteiger charge is 2.23. The number of rotatable bonds is 4. The highest BCUT2D eigenvalue weighted by molar-refractivity contribution is 5.35. The summed E-state index contributed by atoms with van der Waals surface area (Å²) in [7, 11) is 0. The van der Waals surface area contributed by atoms with Crippen LogP contribution in [-0.2, 0) is 19.4 Å². The molecule has 1 fully saturated rings. The Hall–Kier alpha value is -1.95. The van der Waals surface area contributed by atoms with Crippen LogP contribution < -0.4 is 5.32 Å². The van der Waals surface area contributed by atoms with E-state index >= 15 is 0 Å². The topological polar surface area (TPSA) is 67.1 Å². The van der Waals surface area contributed by atoms with Crippen molar-refractivity contribution in [3.05, 3.63) is 35.4 Å². The fraction of sp³-hybridized carbons (Fsp3) is 0.588. The monoisotopic (exact) mass is 313 g/mol. The number of aryl methyl sites for hydroxylation is 3. The van der Waals surface area contributed by atoms with Crippen molar-refractivity contribution in [3.8, 4) is 0 Å². The molecule has 0 saturated carbocycles. The fourth-order valence-corrected chi connectivity index (χ4v) is 3.48. The van der Waals surface area contributed by atoms with Gasteiger partial charge < -0.3 is 9.73 Å². The van der Waals surface area contributed by atoms with E-state index in [-0.39, 0.29) is 0 Å². The molecule has 0 bridgehead atoms. The first-order valence-electron chi connectivity index (χ1n) is 8.51. The van der Waals surface area contributed by atoms with Crippen LogP contribution in [0, 0.1) is 6.92 Å². The first-order valence-corrected chi connectivity index (χ1v) is 8.51. The molecule has 0 amide bonds. The van der Waals surface area contributed by atoms with E-state index in [1.54, 1.807) is 6.33 Å². The average Bonchev–Trinajstić information content (AvgIpc) is 3.10. The van der Waals surface area contributed by atoms with Crippen LogP contribution in [0.3, 0.4) is 0 Å².